The van der Waals surface area contributed by atoms with E-state index in [4.69, 9.17) is 17.0 Å². The number of hydrogen-bond acceptors (Lipinski definition) is 4. The lowest BCUT2D eigenvalue weighted by Crippen LogP contribution is -2.17. The van der Waals surface area contributed by atoms with Crippen molar-refractivity contribution in [2.75, 3.05) is 30.9 Å². The molecular weight excluding hydrogens is 310 g/mol. The predicted molar refractivity (Wildman–Crippen MR) is 99.6 cm³/mol. The molecular formula is C18H22ClN3O. The summed E-state index contributed by atoms with van der Waals surface area (Å²) in [6.45, 7) is 4.79. The van der Waals surface area contributed by atoms with Crippen molar-refractivity contribution in [3.05, 3.63) is 58.6 Å². The Morgan fingerprint density at radius 3 is 2.35 bits per heavy atom. The SMILES string of the molecule is C=N.Cc1ccc(N(C)C)c(NCC(=O)c2ccc(Cl)cc2)c1. The first-order valence-corrected chi connectivity index (χ1v) is 7.51. The Morgan fingerprint density at radius 1 is 1.17 bits per heavy atom. The van der Waals surface area contributed by atoms with Gasteiger partial charge in [0.15, 0.2) is 5.78 Å². The van der Waals surface area contributed by atoms with Crippen molar-refractivity contribution in [1.29, 1.82) is 5.41 Å². The van der Waals surface area contributed by atoms with Gasteiger partial charge in [-0.25, -0.2) is 0 Å². The molecule has 0 radical (unpaired) electrons. The summed E-state index contributed by atoms with van der Waals surface area (Å²) in [7, 11) is 3.97. The van der Waals surface area contributed by atoms with Gasteiger partial charge in [-0.15, -0.1) is 0 Å². The quantitative estimate of drug-likeness (QED) is 0.635. The van der Waals surface area contributed by atoms with Gasteiger partial charge in [-0.05, 0) is 55.6 Å². The van der Waals surface area contributed by atoms with Gasteiger partial charge in [-0.2, -0.15) is 0 Å². The van der Waals surface area contributed by atoms with Crippen molar-refractivity contribution in [1.82, 2.24) is 0 Å². The highest BCUT2D eigenvalue weighted by Gasteiger charge is 2.09. The standard InChI is InChI=1S/C17H19ClN2O.CH3N/c1-12-4-9-16(20(2)3)15(10-12)19-11-17(21)13-5-7-14(18)8-6-13;1-2/h4-10,19H,11H2,1-3H3;2H,1H2. The minimum Gasteiger partial charge on any atom is -0.376 e. The molecule has 122 valence electrons. The van der Waals surface area contributed by atoms with Crippen LogP contribution in [0, 0.1) is 12.3 Å². The lowest BCUT2D eigenvalue weighted by Gasteiger charge is -2.19. The van der Waals surface area contributed by atoms with E-state index in [9.17, 15) is 4.79 Å². The van der Waals surface area contributed by atoms with Crippen LogP contribution in [0.2, 0.25) is 5.02 Å². The zero-order valence-corrected chi connectivity index (χ0v) is 14.4. The Balaban J connectivity index is 0.00000127. The van der Waals surface area contributed by atoms with Crippen molar-refractivity contribution in [2.45, 2.75) is 6.92 Å². The second-order valence-electron chi connectivity index (χ2n) is 5.20. The first-order valence-electron chi connectivity index (χ1n) is 7.13. The number of Topliss-reactive ketones (excluding diaryl/α,β-unsaturated/α-hetero) is 1. The maximum Gasteiger partial charge on any atom is 0.181 e. The van der Waals surface area contributed by atoms with Gasteiger partial charge in [-0.1, -0.05) is 17.7 Å². The molecule has 23 heavy (non-hydrogen) atoms. The van der Waals surface area contributed by atoms with Crippen LogP contribution in [0.4, 0.5) is 11.4 Å². The third-order valence-electron chi connectivity index (χ3n) is 3.24. The van der Waals surface area contributed by atoms with E-state index >= 15 is 0 Å². The molecule has 0 heterocycles. The summed E-state index contributed by atoms with van der Waals surface area (Å²) in [5, 5.41) is 9.36. The van der Waals surface area contributed by atoms with Gasteiger partial charge in [0.2, 0.25) is 0 Å². The third-order valence-corrected chi connectivity index (χ3v) is 3.49. The van der Waals surface area contributed by atoms with E-state index in [0.717, 1.165) is 16.9 Å². The number of ketones is 1. The summed E-state index contributed by atoms with van der Waals surface area (Å²) in [6.07, 6.45) is 0. The van der Waals surface area contributed by atoms with Crippen molar-refractivity contribution < 1.29 is 4.79 Å². The van der Waals surface area contributed by atoms with Crippen LogP contribution in [0.25, 0.3) is 0 Å². The van der Waals surface area contributed by atoms with Gasteiger partial charge in [-0.3, -0.25) is 4.79 Å². The number of nitrogens with zero attached hydrogens (tertiary/aromatic N) is 1. The van der Waals surface area contributed by atoms with E-state index in [2.05, 4.69) is 18.1 Å². The zero-order valence-electron chi connectivity index (χ0n) is 13.7. The molecule has 0 amide bonds. The fraction of sp³-hybridized carbons (Fsp3) is 0.222. The van der Waals surface area contributed by atoms with Crippen LogP contribution in [-0.2, 0) is 0 Å². The molecule has 5 heteroatoms. The van der Waals surface area contributed by atoms with E-state index in [1.165, 1.54) is 0 Å². The Bertz CT molecular complexity index is 654. The molecule has 2 aromatic rings. The molecule has 0 bridgehead atoms. The summed E-state index contributed by atoms with van der Waals surface area (Å²) in [4.78, 5) is 14.2. The molecule has 2 aromatic carbocycles. The van der Waals surface area contributed by atoms with Crippen molar-refractivity contribution in [3.63, 3.8) is 0 Å². The molecule has 0 fully saturated rings. The van der Waals surface area contributed by atoms with Crippen LogP contribution in [-0.4, -0.2) is 33.1 Å². The van der Waals surface area contributed by atoms with Crippen LogP contribution < -0.4 is 10.2 Å². The minimum absolute atomic E-state index is 0.0397. The average Bonchev–Trinajstić information content (AvgIpc) is 2.55. The monoisotopic (exact) mass is 331 g/mol. The molecule has 0 aliphatic carbocycles. The van der Waals surface area contributed by atoms with Gasteiger partial charge in [0, 0.05) is 24.7 Å². The van der Waals surface area contributed by atoms with Crippen LogP contribution >= 0.6 is 11.6 Å². The van der Waals surface area contributed by atoms with E-state index in [0.29, 0.717) is 10.6 Å². The molecule has 2 N–H and O–H groups in total. The van der Waals surface area contributed by atoms with E-state index in [1.54, 1.807) is 24.3 Å². The van der Waals surface area contributed by atoms with E-state index < -0.39 is 0 Å². The Kier molecular flexibility index (Phi) is 7.29. The molecule has 0 atom stereocenters. The van der Waals surface area contributed by atoms with Gasteiger partial charge in [0.25, 0.3) is 0 Å². The van der Waals surface area contributed by atoms with Crippen molar-refractivity contribution >= 4 is 35.5 Å². The third kappa shape index (κ3) is 5.42. The van der Waals surface area contributed by atoms with Gasteiger partial charge in [0.05, 0.1) is 17.9 Å². The Labute approximate surface area is 142 Å². The molecule has 0 aliphatic rings. The molecule has 0 aliphatic heterocycles. The predicted octanol–water partition coefficient (Wildman–Crippen LogP) is 4.27. The number of rotatable bonds is 5. The normalized spacial score (nSPS) is 9.57. The second-order valence-corrected chi connectivity index (χ2v) is 5.64. The summed E-state index contributed by atoms with van der Waals surface area (Å²) in [5.41, 5.74) is 3.83. The van der Waals surface area contributed by atoms with Gasteiger partial charge in [0.1, 0.15) is 0 Å². The molecule has 0 spiro atoms. The Morgan fingerprint density at radius 2 is 1.78 bits per heavy atom. The second kappa shape index (κ2) is 8.96. The van der Waals surface area contributed by atoms with Crippen molar-refractivity contribution in [2.24, 2.45) is 0 Å². The van der Waals surface area contributed by atoms with E-state index in [-0.39, 0.29) is 12.3 Å². The number of benzene rings is 2. The average molecular weight is 332 g/mol. The summed E-state index contributed by atoms with van der Waals surface area (Å²) in [5.74, 6) is 0.0397. The van der Waals surface area contributed by atoms with Crippen LogP contribution in [0.1, 0.15) is 15.9 Å². The highest BCUT2D eigenvalue weighted by molar-refractivity contribution is 6.30. The highest BCUT2D eigenvalue weighted by Crippen LogP contribution is 2.25. The molecule has 2 rings (SSSR count). The summed E-state index contributed by atoms with van der Waals surface area (Å²) >= 11 is 5.83. The number of anilines is 2. The summed E-state index contributed by atoms with van der Waals surface area (Å²) in [6, 6.07) is 13.1. The van der Waals surface area contributed by atoms with Crippen LogP contribution in [0.3, 0.4) is 0 Å². The Hall–Kier alpha value is -2.33. The maximum atomic E-state index is 12.2. The van der Waals surface area contributed by atoms with Gasteiger partial charge < -0.3 is 15.6 Å². The lowest BCUT2D eigenvalue weighted by molar-refractivity contribution is 0.101. The summed E-state index contributed by atoms with van der Waals surface area (Å²) < 4.78 is 0. The van der Waals surface area contributed by atoms with Crippen LogP contribution in [0.15, 0.2) is 42.5 Å². The zero-order chi connectivity index (χ0) is 17.4. The number of halogens is 1. The highest BCUT2D eigenvalue weighted by atomic mass is 35.5. The maximum absolute atomic E-state index is 12.2. The number of carbonyl (C=O) groups excluding carboxylic acids is 1. The number of carbonyl (C=O) groups is 1. The van der Waals surface area contributed by atoms with Crippen molar-refractivity contribution in [3.8, 4) is 0 Å². The number of hydrogen-bond donors (Lipinski definition) is 2. The first-order chi connectivity index (χ1) is 11.0. The lowest BCUT2D eigenvalue weighted by atomic mass is 10.1. The largest absolute Gasteiger partial charge is 0.376 e. The smallest absolute Gasteiger partial charge is 0.181 e. The number of nitrogens with one attached hydrogen (secondary N) is 2. The molecule has 0 saturated heterocycles. The number of aryl methyl sites for hydroxylation is 1. The van der Waals surface area contributed by atoms with Crippen LogP contribution in [0.5, 0.6) is 0 Å². The fourth-order valence-electron chi connectivity index (χ4n) is 2.09. The molecule has 4 nitrogen and oxygen atoms in total. The molecule has 0 saturated carbocycles. The van der Waals surface area contributed by atoms with Gasteiger partial charge >= 0.3 is 0 Å². The molecule has 0 unspecified atom stereocenters. The first kappa shape index (κ1) is 18.7. The minimum atomic E-state index is 0.0397. The topological polar surface area (TPSA) is 56.2 Å². The van der Waals surface area contributed by atoms with E-state index in [1.807, 2.05) is 38.1 Å². The molecule has 0 aromatic heterocycles. The fourth-order valence-corrected chi connectivity index (χ4v) is 2.22.